The van der Waals surface area contributed by atoms with Gasteiger partial charge in [-0.1, -0.05) is 41.9 Å². The number of hydrogen-bond donors (Lipinski definition) is 1. The number of anilines is 1. The molecule has 4 nitrogen and oxygen atoms in total. The van der Waals surface area contributed by atoms with E-state index in [4.69, 9.17) is 11.6 Å². The van der Waals surface area contributed by atoms with E-state index in [0.717, 1.165) is 19.3 Å². The highest BCUT2D eigenvalue weighted by Gasteiger charge is 2.26. The average Bonchev–Trinajstić information content (AvgIpc) is 3.06. The zero-order chi connectivity index (χ0) is 18.5. The highest BCUT2D eigenvalue weighted by atomic mass is 35.5. The number of rotatable bonds is 6. The van der Waals surface area contributed by atoms with Crippen LogP contribution < -0.4 is 10.2 Å². The second kappa shape index (κ2) is 8.37. The molecule has 0 aliphatic carbocycles. The summed E-state index contributed by atoms with van der Waals surface area (Å²) in [7, 11) is 0. The molecule has 0 radical (unpaired) electrons. The summed E-state index contributed by atoms with van der Waals surface area (Å²) >= 11 is 6.10. The van der Waals surface area contributed by atoms with Gasteiger partial charge in [0.25, 0.3) is 5.91 Å². The minimum Gasteiger partial charge on any atom is -0.350 e. The number of halogens is 1. The quantitative estimate of drug-likeness (QED) is 0.827. The van der Waals surface area contributed by atoms with Crippen LogP contribution in [0.5, 0.6) is 0 Å². The minimum absolute atomic E-state index is 0.0283. The van der Waals surface area contributed by atoms with Gasteiger partial charge in [0.05, 0.1) is 11.3 Å². The summed E-state index contributed by atoms with van der Waals surface area (Å²) in [6.45, 7) is 2.63. The van der Waals surface area contributed by atoms with Crippen molar-refractivity contribution in [1.82, 2.24) is 5.32 Å². The summed E-state index contributed by atoms with van der Waals surface area (Å²) in [6.07, 6.45) is 3.07. The molecule has 1 atom stereocenters. The van der Waals surface area contributed by atoms with Crippen molar-refractivity contribution >= 4 is 29.1 Å². The van der Waals surface area contributed by atoms with E-state index in [1.165, 1.54) is 5.56 Å². The molecule has 0 aromatic heterocycles. The van der Waals surface area contributed by atoms with Gasteiger partial charge in [0.15, 0.2) is 0 Å². The van der Waals surface area contributed by atoms with E-state index in [2.05, 4.69) is 17.4 Å². The Bertz CT molecular complexity index is 792. The number of aryl methyl sites for hydroxylation is 1. The highest BCUT2D eigenvalue weighted by molar-refractivity contribution is 6.31. The van der Waals surface area contributed by atoms with Crippen LogP contribution >= 0.6 is 11.6 Å². The van der Waals surface area contributed by atoms with Gasteiger partial charge in [-0.3, -0.25) is 9.59 Å². The standard InChI is InChI=1S/C21H23ClN2O2/c1-15(9-10-16-6-3-2-4-7-16)23-21(26)18-12-11-17(22)14-19(18)24-13-5-8-20(24)25/h2-4,6-7,11-12,14-15H,5,8-10,13H2,1H3,(H,23,26). The zero-order valence-electron chi connectivity index (χ0n) is 14.9. The van der Waals surface area contributed by atoms with Crippen LogP contribution in [-0.2, 0) is 11.2 Å². The molecule has 1 aliphatic rings. The monoisotopic (exact) mass is 370 g/mol. The van der Waals surface area contributed by atoms with Crippen LogP contribution in [0.25, 0.3) is 0 Å². The third-order valence-corrected chi connectivity index (χ3v) is 4.89. The first-order chi connectivity index (χ1) is 12.5. The van der Waals surface area contributed by atoms with E-state index >= 15 is 0 Å². The molecule has 5 heteroatoms. The van der Waals surface area contributed by atoms with Crippen molar-refractivity contribution in [2.75, 3.05) is 11.4 Å². The molecule has 3 rings (SSSR count). The molecule has 136 valence electrons. The Kier molecular flexibility index (Phi) is 5.94. The number of amides is 2. The third kappa shape index (κ3) is 4.44. The summed E-state index contributed by atoms with van der Waals surface area (Å²) < 4.78 is 0. The van der Waals surface area contributed by atoms with Crippen LogP contribution in [0.2, 0.25) is 5.02 Å². The summed E-state index contributed by atoms with van der Waals surface area (Å²) in [5.74, 6) is -0.129. The molecule has 1 fully saturated rings. The molecule has 2 amide bonds. The van der Waals surface area contributed by atoms with Gasteiger partial charge in [-0.2, -0.15) is 0 Å². The lowest BCUT2D eigenvalue weighted by Gasteiger charge is -2.21. The second-order valence-corrected chi connectivity index (χ2v) is 7.15. The number of carbonyl (C=O) groups excluding carboxylic acids is 2. The Hall–Kier alpha value is -2.33. The normalized spacial score (nSPS) is 15.2. The number of hydrogen-bond acceptors (Lipinski definition) is 2. The molecule has 1 unspecified atom stereocenters. The van der Waals surface area contributed by atoms with Gasteiger partial charge in [0.1, 0.15) is 0 Å². The Morgan fingerprint density at radius 1 is 1.23 bits per heavy atom. The van der Waals surface area contributed by atoms with Gasteiger partial charge in [-0.05, 0) is 49.9 Å². The molecule has 1 N–H and O–H groups in total. The van der Waals surface area contributed by atoms with Crippen molar-refractivity contribution in [3.05, 3.63) is 64.7 Å². The topological polar surface area (TPSA) is 49.4 Å². The van der Waals surface area contributed by atoms with Crippen LogP contribution in [0.4, 0.5) is 5.69 Å². The SMILES string of the molecule is CC(CCc1ccccc1)NC(=O)c1ccc(Cl)cc1N1CCCC1=O. The fourth-order valence-corrected chi connectivity index (χ4v) is 3.39. The van der Waals surface area contributed by atoms with Crippen LogP contribution in [0.1, 0.15) is 42.1 Å². The Labute approximate surface area is 159 Å². The van der Waals surface area contributed by atoms with Crippen molar-refractivity contribution in [3.8, 4) is 0 Å². The smallest absolute Gasteiger partial charge is 0.253 e. The molecule has 0 bridgehead atoms. The van der Waals surface area contributed by atoms with Crippen molar-refractivity contribution in [3.63, 3.8) is 0 Å². The fourth-order valence-electron chi connectivity index (χ4n) is 3.22. The predicted molar refractivity (Wildman–Crippen MR) is 105 cm³/mol. The lowest BCUT2D eigenvalue weighted by Crippen LogP contribution is -2.35. The largest absolute Gasteiger partial charge is 0.350 e. The van der Waals surface area contributed by atoms with Gasteiger partial charge in [-0.15, -0.1) is 0 Å². The Morgan fingerprint density at radius 3 is 2.69 bits per heavy atom. The lowest BCUT2D eigenvalue weighted by atomic mass is 10.1. The first kappa shape index (κ1) is 18.5. The van der Waals surface area contributed by atoms with Gasteiger partial charge < -0.3 is 10.2 Å². The van der Waals surface area contributed by atoms with E-state index in [-0.39, 0.29) is 17.9 Å². The molecule has 1 aliphatic heterocycles. The minimum atomic E-state index is -0.170. The van der Waals surface area contributed by atoms with Gasteiger partial charge >= 0.3 is 0 Å². The van der Waals surface area contributed by atoms with Crippen molar-refractivity contribution in [1.29, 1.82) is 0 Å². The van der Waals surface area contributed by atoms with E-state index in [1.54, 1.807) is 23.1 Å². The van der Waals surface area contributed by atoms with Gasteiger partial charge in [-0.25, -0.2) is 0 Å². The maximum atomic E-state index is 12.8. The summed E-state index contributed by atoms with van der Waals surface area (Å²) in [5.41, 5.74) is 2.35. The maximum absolute atomic E-state index is 12.8. The molecule has 26 heavy (non-hydrogen) atoms. The molecule has 1 heterocycles. The molecular formula is C21H23ClN2O2. The number of carbonyl (C=O) groups is 2. The predicted octanol–water partition coefficient (Wildman–Crippen LogP) is 4.22. The first-order valence-electron chi connectivity index (χ1n) is 8.99. The average molecular weight is 371 g/mol. The highest BCUT2D eigenvalue weighted by Crippen LogP contribution is 2.28. The third-order valence-electron chi connectivity index (χ3n) is 4.65. The summed E-state index contributed by atoms with van der Waals surface area (Å²) in [6, 6.07) is 15.3. The molecule has 1 saturated heterocycles. The molecule has 2 aromatic rings. The van der Waals surface area contributed by atoms with E-state index in [9.17, 15) is 9.59 Å². The zero-order valence-corrected chi connectivity index (χ0v) is 15.6. The van der Waals surface area contributed by atoms with Crippen molar-refractivity contribution < 1.29 is 9.59 Å². The molecule has 0 saturated carbocycles. The van der Waals surface area contributed by atoms with Crippen molar-refractivity contribution in [2.45, 2.75) is 38.6 Å². The van der Waals surface area contributed by atoms with Crippen molar-refractivity contribution in [2.24, 2.45) is 0 Å². The fraction of sp³-hybridized carbons (Fsp3) is 0.333. The second-order valence-electron chi connectivity index (χ2n) is 6.71. The summed E-state index contributed by atoms with van der Waals surface area (Å²) in [4.78, 5) is 26.5. The first-order valence-corrected chi connectivity index (χ1v) is 9.37. The molecular weight excluding hydrogens is 348 g/mol. The Morgan fingerprint density at radius 2 is 2.00 bits per heavy atom. The van der Waals surface area contributed by atoms with Gasteiger partial charge in [0.2, 0.25) is 5.91 Å². The Balaban J connectivity index is 1.68. The summed E-state index contributed by atoms with van der Waals surface area (Å²) in [5, 5.41) is 3.57. The lowest BCUT2D eigenvalue weighted by molar-refractivity contribution is -0.117. The molecule has 2 aromatic carbocycles. The van der Waals surface area contributed by atoms with Crippen LogP contribution in [-0.4, -0.2) is 24.4 Å². The van der Waals surface area contributed by atoms with E-state index in [0.29, 0.717) is 29.2 Å². The van der Waals surface area contributed by atoms with Crippen LogP contribution in [0.3, 0.4) is 0 Å². The number of nitrogens with one attached hydrogen (secondary N) is 1. The number of benzene rings is 2. The molecule has 0 spiro atoms. The number of nitrogens with zero attached hydrogens (tertiary/aromatic N) is 1. The van der Waals surface area contributed by atoms with Crippen LogP contribution in [0, 0.1) is 0 Å². The maximum Gasteiger partial charge on any atom is 0.253 e. The van der Waals surface area contributed by atoms with E-state index < -0.39 is 0 Å². The van der Waals surface area contributed by atoms with E-state index in [1.807, 2.05) is 25.1 Å². The van der Waals surface area contributed by atoms with Crippen LogP contribution in [0.15, 0.2) is 48.5 Å². The van der Waals surface area contributed by atoms with Gasteiger partial charge in [0, 0.05) is 24.0 Å².